The second-order valence-corrected chi connectivity index (χ2v) is 20.1. The lowest BCUT2D eigenvalue weighted by Gasteiger charge is -2.25. The standard InChI is InChI=1S/C20H20ClN5O2.C20H22ClN5.C19H18Cl2N2/c1-26(17(19(27)28)13-5-3-2-4-6-13)11-12-7-8-14-15(9-12)18(25-20(22)23)24-10-16(14)21;1-13(15-6-4-3-5-7-15)26(2)12-14-8-9-16-17(10-14)19(25-20(22)23)24-11-18(16)21;1-13(15-6-4-3-5-7-15)23(2)12-14-8-9-16-17(10-14)19(21)22-11-18(16)20/h2-10,17H,11H2,1H3,(H,27,28)(H4,22,23,24,25);3-11,13H,12H2,1-2H3,(H4,22,23,24,25);3-11,13H,12H2,1-2H3. The van der Waals surface area contributed by atoms with Crippen molar-refractivity contribution in [3.05, 3.63) is 218 Å². The summed E-state index contributed by atoms with van der Waals surface area (Å²) < 4.78 is 0. The molecule has 0 saturated carbocycles. The van der Waals surface area contributed by atoms with Crippen LogP contribution < -0.4 is 22.9 Å². The highest BCUT2D eigenvalue weighted by molar-refractivity contribution is 6.39. The molecule has 0 aliphatic rings. The van der Waals surface area contributed by atoms with E-state index in [0.29, 0.717) is 61.4 Å². The smallest absolute Gasteiger partial charge is 0.325 e. The Hall–Kier alpha value is -7.40. The molecule has 9 rings (SSSR count). The molecule has 0 radical (unpaired) electrons. The van der Waals surface area contributed by atoms with Crippen LogP contribution in [0.15, 0.2) is 174 Å². The molecule has 3 heterocycles. The molecular weight excluding hydrogens is 1050 g/mol. The fourth-order valence-corrected chi connectivity index (χ4v) is 9.69. The summed E-state index contributed by atoms with van der Waals surface area (Å²) in [6.07, 6.45) is 4.65. The Morgan fingerprint density at radius 3 is 1.19 bits per heavy atom. The average molecular weight is 1110 g/mol. The molecule has 0 bridgehead atoms. The number of aliphatic carboxylic acids is 1. The molecule has 0 aliphatic carbocycles. The number of likely N-dealkylation sites (N-methyl/N-ethyl adjacent to an activating group) is 1. The van der Waals surface area contributed by atoms with Gasteiger partial charge in [0.15, 0.2) is 23.6 Å². The number of rotatable bonds is 15. The van der Waals surface area contributed by atoms with Gasteiger partial charge in [0.2, 0.25) is 0 Å². The van der Waals surface area contributed by atoms with Gasteiger partial charge in [-0.15, -0.1) is 0 Å². The number of pyridine rings is 3. The summed E-state index contributed by atoms with van der Waals surface area (Å²) in [5.74, 6) is -0.206. The number of aromatic nitrogens is 3. The number of guanidine groups is 2. The van der Waals surface area contributed by atoms with Gasteiger partial charge in [-0.25, -0.2) is 15.0 Å². The number of carbonyl (C=O) groups is 1. The number of nitrogens with two attached hydrogens (primary N) is 4. The van der Waals surface area contributed by atoms with E-state index < -0.39 is 12.0 Å². The van der Waals surface area contributed by atoms with Gasteiger partial charge in [0.25, 0.3) is 0 Å². The Labute approximate surface area is 468 Å². The predicted octanol–water partition coefficient (Wildman–Crippen LogP) is 12.8. The Morgan fingerprint density at radius 1 is 0.481 bits per heavy atom. The number of carboxylic acids is 1. The third-order valence-electron chi connectivity index (χ3n) is 13.1. The first kappa shape index (κ1) is 57.3. The van der Waals surface area contributed by atoms with E-state index in [2.05, 4.69) is 129 Å². The van der Waals surface area contributed by atoms with Crippen molar-refractivity contribution in [2.45, 2.75) is 51.6 Å². The minimum Gasteiger partial charge on any atom is -0.480 e. The molecule has 9 aromatic rings. The zero-order valence-corrected chi connectivity index (χ0v) is 46.2. The maximum atomic E-state index is 11.8. The Kier molecular flexibility index (Phi) is 19.8. The molecule has 3 aromatic heterocycles. The minimum absolute atomic E-state index is 0.0265. The van der Waals surface area contributed by atoms with Crippen molar-refractivity contribution in [3.8, 4) is 0 Å². The van der Waals surface area contributed by atoms with Crippen LogP contribution >= 0.6 is 46.4 Å². The van der Waals surface area contributed by atoms with E-state index in [-0.39, 0.29) is 11.9 Å². The van der Waals surface area contributed by atoms with Crippen LogP contribution in [0.25, 0.3) is 32.3 Å². The van der Waals surface area contributed by atoms with E-state index in [1.54, 1.807) is 36.5 Å². The number of halogens is 4. The first-order chi connectivity index (χ1) is 36.9. The molecule has 6 aromatic carbocycles. The topological polar surface area (TPSA) is 214 Å². The van der Waals surface area contributed by atoms with Gasteiger partial charge in [-0.05, 0) is 86.6 Å². The van der Waals surface area contributed by atoms with Crippen LogP contribution in [0, 0.1) is 0 Å². The molecule has 396 valence electrons. The Bertz CT molecular complexity index is 3530. The lowest BCUT2D eigenvalue weighted by Crippen LogP contribution is -2.30. The molecule has 9 N–H and O–H groups in total. The summed E-state index contributed by atoms with van der Waals surface area (Å²) in [6, 6.07) is 47.8. The lowest BCUT2D eigenvalue weighted by atomic mass is 10.0. The van der Waals surface area contributed by atoms with Crippen LogP contribution in [-0.4, -0.2) is 73.8 Å². The number of carboxylic acid groups (broad SMARTS) is 1. The van der Waals surface area contributed by atoms with Crippen molar-refractivity contribution in [3.63, 3.8) is 0 Å². The summed E-state index contributed by atoms with van der Waals surface area (Å²) >= 11 is 24.9. The number of hydrogen-bond donors (Lipinski definition) is 5. The molecule has 0 aliphatic heterocycles. The molecular formula is C59H60Cl4N12O2. The normalized spacial score (nSPS) is 12.4. The van der Waals surface area contributed by atoms with Crippen molar-refractivity contribution in [1.82, 2.24) is 29.7 Å². The van der Waals surface area contributed by atoms with Crippen molar-refractivity contribution < 1.29 is 9.90 Å². The van der Waals surface area contributed by atoms with E-state index >= 15 is 0 Å². The van der Waals surface area contributed by atoms with Gasteiger partial charge in [0, 0.05) is 82.6 Å². The van der Waals surface area contributed by atoms with Crippen molar-refractivity contribution in [1.29, 1.82) is 0 Å². The minimum atomic E-state index is -0.916. The molecule has 18 heteroatoms. The van der Waals surface area contributed by atoms with Crippen LogP contribution in [0.4, 0.5) is 11.6 Å². The number of nitrogens with zero attached hydrogens (tertiary/aromatic N) is 8. The molecule has 0 spiro atoms. The van der Waals surface area contributed by atoms with Gasteiger partial charge in [-0.3, -0.25) is 19.5 Å². The lowest BCUT2D eigenvalue weighted by molar-refractivity contribution is -0.143. The number of hydrogen-bond acceptors (Lipinski definition) is 9. The maximum absolute atomic E-state index is 11.8. The van der Waals surface area contributed by atoms with Crippen molar-refractivity contribution >= 4 is 108 Å². The summed E-state index contributed by atoms with van der Waals surface area (Å²) in [4.78, 5) is 39.0. The Morgan fingerprint density at radius 2 is 0.818 bits per heavy atom. The fourth-order valence-electron chi connectivity index (χ4n) is 8.85. The van der Waals surface area contributed by atoms with E-state index in [1.807, 2.05) is 66.7 Å². The largest absolute Gasteiger partial charge is 0.480 e. The second kappa shape index (κ2) is 26.6. The maximum Gasteiger partial charge on any atom is 0.325 e. The number of fused-ring (bicyclic) bond motifs is 3. The van der Waals surface area contributed by atoms with Gasteiger partial charge in [0.05, 0.1) is 15.1 Å². The van der Waals surface area contributed by atoms with Crippen LogP contribution in [0.1, 0.15) is 65.4 Å². The van der Waals surface area contributed by atoms with Crippen molar-refractivity contribution in [2.75, 3.05) is 21.1 Å². The molecule has 14 nitrogen and oxygen atoms in total. The summed E-state index contributed by atoms with van der Waals surface area (Å²) in [5.41, 5.74) is 28.5. The van der Waals surface area contributed by atoms with E-state index in [9.17, 15) is 9.90 Å². The quantitative estimate of drug-likeness (QED) is 0.0368. The number of benzene rings is 6. The van der Waals surface area contributed by atoms with E-state index in [1.165, 1.54) is 22.9 Å². The van der Waals surface area contributed by atoms with Gasteiger partial charge in [-0.2, -0.15) is 9.98 Å². The first-order valence-corrected chi connectivity index (χ1v) is 25.9. The van der Waals surface area contributed by atoms with Crippen LogP contribution in [0.3, 0.4) is 0 Å². The average Bonchev–Trinajstić information content (AvgIpc) is 3.42. The Balaban J connectivity index is 0.000000169. The summed E-state index contributed by atoms with van der Waals surface area (Å²) in [7, 11) is 6.00. The van der Waals surface area contributed by atoms with Crippen LogP contribution in [0.5, 0.6) is 0 Å². The molecule has 0 saturated heterocycles. The molecule has 77 heavy (non-hydrogen) atoms. The monoisotopic (exact) mass is 1110 g/mol. The molecule has 3 atom stereocenters. The fraction of sp³-hybridized carbons (Fsp3) is 0.186. The predicted molar refractivity (Wildman–Crippen MR) is 317 cm³/mol. The highest BCUT2D eigenvalue weighted by Crippen LogP contribution is 2.34. The second-order valence-electron chi connectivity index (χ2n) is 18.5. The third kappa shape index (κ3) is 15.0. The third-order valence-corrected chi connectivity index (χ3v) is 14.3. The first-order valence-electron chi connectivity index (χ1n) is 24.4. The highest BCUT2D eigenvalue weighted by Gasteiger charge is 2.25. The zero-order chi connectivity index (χ0) is 55.3. The molecule has 3 unspecified atom stereocenters. The highest BCUT2D eigenvalue weighted by atomic mass is 35.5. The van der Waals surface area contributed by atoms with Crippen LogP contribution in [0.2, 0.25) is 20.2 Å². The number of aliphatic imine (C=N–C) groups is 2. The molecule has 0 amide bonds. The van der Waals surface area contributed by atoms with Crippen molar-refractivity contribution in [2.24, 2.45) is 32.9 Å². The zero-order valence-electron chi connectivity index (χ0n) is 43.2. The van der Waals surface area contributed by atoms with Gasteiger partial charge in [-0.1, -0.05) is 174 Å². The van der Waals surface area contributed by atoms with Gasteiger partial charge < -0.3 is 28.0 Å². The molecule has 0 fully saturated rings. The van der Waals surface area contributed by atoms with E-state index in [0.717, 1.165) is 51.1 Å². The van der Waals surface area contributed by atoms with Gasteiger partial charge in [0.1, 0.15) is 11.2 Å². The SMILES string of the molecule is CC(c1ccccc1)N(C)Cc1ccc2c(Cl)cnc(Cl)c2c1.CC(c1ccccc1)N(C)Cc1ccc2c(Cl)cnc(N=C(N)N)c2c1.CN(Cc1ccc2c(Cl)cnc(N=C(N)N)c2c1)C(C(=O)O)c1ccccc1. The van der Waals surface area contributed by atoms with Gasteiger partial charge >= 0.3 is 5.97 Å². The summed E-state index contributed by atoms with van der Waals surface area (Å²) in [5, 5.41) is 16.9. The van der Waals surface area contributed by atoms with E-state index in [4.69, 9.17) is 69.3 Å². The van der Waals surface area contributed by atoms with Crippen LogP contribution in [-0.2, 0) is 24.4 Å². The summed E-state index contributed by atoms with van der Waals surface area (Å²) in [6.45, 7) is 6.41.